The van der Waals surface area contributed by atoms with E-state index in [0.717, 1.165) is 11.1 Å². The molecule has 2 aliphatic rings. The van der Waals surface area contributed by atoms with Gasteiger partial charge in [0.25, 0.3) is 5.91 Å². The van der Waals surface area contributed by atoms with Crippen molar-refractivity contribution in [3.8, 4) is 17.0 Å². The van der Waals surface area contributed by atoms with Gasteiger partial charge < -0.3 is 15.0 Å². The van der Waals surface area contributed by atoms with E-state index in [1.807, 2.05) is 32.8 Å². The number of anilines is 1. The highest BCUT2D eigenvalue weighted by Crippen LogP contribution is 2.43. The number of benzene rings is 2. The van der Waals surface area contributed by atoms with E-state index in [-0.39, 0.29) is 30.8 Å². The van der Waals surface area contributed by atoms with Crippen LogP contribution in [0.5, 0.6) is 5.75 Å². The van der Waals surface area contributed by atoms with Crippen molar-refractivity contribution in [2.24, 2.45) is 11.3 Å². The highest BCUT2D eigenvalue weighted by molar-refractivity contribution is 6.25. The van der Waals surface area contributed by atoms with E-state index in [1.165, 1.54) is 24.2 Å². The molecule has 2 heterocycles. The predicted octanol–water partition coefficient (Wildman–Crippen LogP) is 6.75. The average molecular weight is 771 g/mol. The van der Waals surface area contributed by atoms with Crippen LogP contribution in [0.2, 0.25) is 0 Å². The molecule has 1 saturated carbocycles. The van der Waals surface area contributed by atoms with Crippen LogP contribution < -0.4 is 10.1 Å². The molecule has 1 saturated heterocycles. The first-order valence-corrected chi connectivity index (χ1v) is 16.8. The standard InChI is InChI=1S/C36H38F8N6O4/c1-33(2,17-48(3)4)18-54-25-11-8-20(28(37)29(25)38)16-50-32(53)27(30(51)34(49(50)5)12-6-7-13-34)31(52)47-23-10-9-21(35(39,40)41)14-22(23)24-15-26(36(42,43)44)46-19-45-24/h8-11,14-15,19,27H,6-7,12-13,16-18H2,1-5H3,(H,47,52). The van der Waals surface area contributed by atoms with Gasteiger partial charge >= 0.3 is 12.4 Å². The van der Waals surface area contributed by atoms with Crippen LogP contribution in [0.15, 0.2) is 42.7 Å². The molecule has 54 heavy (non-hydrogen) atoms. The van der Waals surface area contributed by atoms with Crippen molar-refractivity contribution >= 4 is 23.3 Å². The predicted molar refractivity (Wildman–Crippen MR) is 178 cm³/mol. The summed E-state index contributed by atoms with van der Waals surface area (Å²) >= 11 is 0. The van der Waals surface area contributed by atoms with Gasteiger partial charge in [0, 0.05) is 30.1 Å². The van der Waals surface area contributed by atoms with Crippen molar-refractivity contribution in [2.75, 3.05) is 39.6 Å². The first kappa shape index (κ1) is 40.5. The molecule has 1 aliphatic heterocycles. The molecule has 10 nitrogen and oxygen atoms in total. The van der Waals surface area contributed by atoms with Crippen molar-refractivity contribution in [2.45, 2.75) is 64.0 Å². The molecule has 1 N–H and O–H groups in total. The second-order valence-corrected chi connectivity index (χ2v) is 14.5. The third-order valence-corrected chi connectivity index (χ3v) is 9.54. The minimum atomic E-state index is -4.99. The van der Waals surface area contributed by atoms with Crippen LogP contribution in [0.4, 0.5) is 40.8 Å². The Labute approximate surface area is 305 Å². The number of hydrogen-bond acceptors (Lipinski definition) is 8. The third-order valence-electron chi connectivity index (χ3n) is 9.54. The van der Waals surface area contributed by atoms with Crippen LogP contribution in [-0.2, 0) is 33.3 Å². The maximum absolute atomic E-state index is 15.6. The number of nitrogens with one attached hydrogen (secondary N) is 1. The van der Waals surface area contributed by atoms with E-state index in [2.05, 4.69) is 15.3 Å². The minimum Gasteiger partial charge on any atom is -0.490 e. The minimum absolute atomic E-state index is 0.0526. The molecule has 0 bridgehead atoms. The topological polar surface area (TPSA) is 108 Å². The largest absolute Gasteiger partial charge is 0.490 e. The van der Waals surface area contributed by atoms with Gasteiger partial charge in [0.2, 0.25) is 11.7 Å². The Kier molecular flexibility index (Phi) is 11.1. The third kappa shape index (κ3) is 8.18. The second kappa shape index (κ2) is 14.8. The Morgan fingerprint density at radius 2 is 1.63 bits per heavy atom. The lowest BCUT2D eigenvalue weighted by molar-refractivity contribution is -0.186. The molecule has 1 aliphatic carbocycles. The molecule has 2 fully saturated rings. The summed E-state index contributed by atoms with van der Waals surface area (Å²) < 4.78 is 118. The van der Waals surface area contributed by atoms with Crippen molar-refractivity contribution in [3.05, 3.63) is 71.2 Å². The van der Waals surface area contributed by atoms with E-state index in [0.29, 0.717) is 43.9 Å². The number of amides is 2. The summed E-state index contributed by atoms with van der Waals surface area (Å²) in [5, 5.41) is 4.52. The molecular weight excluding hydrogens is 732 g/mol. The summed E-state index contributed by atoms with van der Waals surface area (Å²) in [5.41, 5.74) is -6.63. The Bertz CT molecular complexity index is 1930. The van der Waals surface area contributed by atoms with Crippen molar-refractivity contribution in [1.82, 2.24) is 24.9 Å². The molecule has 5 rings (SSSR count). The number of Topliss-reactive ketones (excluding diaryl/α,β-unsaturated/α-hetero) is 1. The van der Waals surface area contributed by atoms with E-state index in [9.17, 15) is 40.7 Å². The number of ether oxygens (including phenoxy) is 1. The van der Waals surface area contributed by atoms with Gasteiger partial charge in [-0.25, -0.2) is 19.4 Å². The van der Waals surface area contributed by atoms with Gasteiger partial charge in [0.15, 0.2) is 23.3 Å². The molecule has 2 amide bonds. The lowest BCUT2D eigenvalue weighted by Crippen LogP contribution is -2.69. The quantitative estimate of drug-likeness (QED) is 0.178. The van der Waals surface area contributed by atoms with Gasteiger partial charge in [0.1, 0.15) is 12.0 Å². The number of carbonyl (C=O) groups is 3. The van der Waals surface area contributed by atoms with Crippen LogP contribution in [0.1, 0.15) is 56.4 Å². The van der Waals surface area contributed by atoms with Crippen LogP contribution in [0, 0.1) is 23.0 Å². The molecular formula is C36H38F8N6O4. The zero-order valence-corrected chi connectivity index (χ0v) is 30.0. The Morgan fingerprint density at radius 3 is 2.24 bits per heavy atom. The number of likely N-dealkylation sites (N-methyl/N-ethyl adjacent to an activating group) is 1. The first-order valence-electron chi connectivity index (χ1n) is 16.8. The normalized spacial score (nSPS) is 18.2. The highest BCUT2D eigenvalue weighted by atomic mass is 19.4. The van der Waals surface area contributed by atoms with Crippen molar-refractivity contribution in [3.63, 3.8) is 0 Å². The molecule has 3 aromatic rings. The number of nitrogens with zero attached hydrogens (tertiary/aromatic N) is 5. The number of ketones is 1. The summed E-state index contributed by atoms with van der Waals surface area (Å²) in [6.45, 7) is 3.80. The summed E-state index contributed by atoms with van der Waals surface area (Å²) in [6.07, 6.45) is -8.04. The molecule has 1 atom stereocenters. The van der Waals surface area contributed by atoms with Gasteiger partial charge in [-0.05, 0) is 57.3 Å². The molecule has 0 radical (unpaired) electrons. The number of halogens is 8. The Balaban J connectivity index is 1.48. The van der Waals surface area contributed by atoms with E-state index in [4.69, 9.17) is 4.74 Å². The number of rotatable bonds is 10. The number of hydrazine groups is 1. The zero-order chi connectivity index (χ0) is 40.0. The van der Waals surface area contributed by atoms with E-state index < -0.39 is 93.2 Å². The zero-order valence-electron chi connectivity index (χ0n) is 30.0. The van der Waals surface area contributed by atoms with Crippen LogP contribution >= 0.6 is 0 Å². The van der Waals surface area contributed by atoms with Crippen molar-refractivity contribution < 1.29 is 54.2 Å². The Morgan fingerprint density at radius 1 is 0.963 bits per heavy atom. The van der Waals surface area contributed by atoms with E-state index >= 15 is 8.78 Å². The molecule has 292 valence electrons. The van der Waals surface area contributed by atoms with Gasteiger partial charge in [-0.15, -0.1) is 0 Å². The highest BCUT2D eigenvalue weighted by Gasteiger charge is 2.58. The lowest BCUT2D eigenvalue weighted by Gasteiger charge is -2.49. The van der Waals surface area contributed by atoms with Crippen LogP contribution in [0.25, 0.3) is 11.3 Å². The number of aromatic nitrogens is 2. The Hall–Kier alpha value is -4.71. The molecule has 18 heteroatoms. The fraction of sp³-hybridized carbons (Fsp3) is 0.472. The smallest absolute Gasteiger partial charge is 0.433 e. The van der Waals surface area contributed by atoms with Crippen LogP contribution in [0.3, 0.4) is 0 Å². The molecule has 1 spiro atoms. The first-order chi connectivity index (χ1) is 25.1. The average Bonchev–Trinajstić information content (AvgIpc) is 3.58. The van der Waals surface area contributed by atoms with Gasteiger partial charge in [0.05, 0.1) is 35.6 Å². The summed E-state index contributed by atoms with van der Waals surface area (Å²) in [4.78, 5) is 50.8. The number of carbonyl (C=O) groups excluding carboxylic acids is 3. The fourth-order valence-electron chi connectivity index (χ4n) is 7.06. The molecule has 1 unspecified atom stereocenters. The summed E-state index contributed by atoms with van der Waals surface area (Å²) in [7, 11) is 5.12. The molecule has 1 aromatic heterocycles. The fourth-order valence-corrected chi connectivity index (χ4v) is 7.06. The maximum atomic E-state index is 15.6. The second-order valence-electron chi connectivity index (χ2n) is 14.5. The monoisotopic (exact) mass is 770 g/mol. The molecule has 2 aromatic carbocycles. The van der Waals surface area contributed by atoms with Gasteiger partial charge in [-0.1, -0.05) is 32.8 Å². The number of alkyl halides is 6. The lowest BCUT2D eigenvalue weighted by atomic mass is 9.80. The SMILES string of the molecule is CN(C)CC(C)(C)COc1ccc(CN2C(=O)C(C(=O)Nc3ccc(C(F)(F)F)cc3-c3cc(C(F)(F)F)ncn3)C(=O)C3(CCCC3)N2C)c(F)c1F. The summed E-state index contributed by atoms with van der Waals surface area (Å²) in [5.74, 6) is -8.37. The van der Waals surface area contributed by atoms with Gasteiger partial charge in [-0.2, -0.15) is 30.7 Å². The van der Waals surface area contributed by atoms with Crippen molar-refractivity contribution in [1.29, 1.82) is 0 Å². The summed E-state index contributed by atoms with van der Waals surface area (Å²) in [6, 6.07) is 4.60. The van der Waals surface area contributed by atoms with Crippen LogP contribution in [-0.4, -0.2) is 82.3 Å². The van der Waals surface area contributed by atoms with Gasteiger partial charge in [-0.3, -0.25) is 19.4 Å². The maximum Gasteiger partial charge on any atom is 0.433 e. The van der Waals surface area contributed by atoms with E-state index in [1.54, 1.807) is 0 Å². The number of hydrogen-bond donors (Lipinski definition) is 1.